The van der Waals surface area contributed by atoms with Crippen LogP contribution in [-0.4, -0.2) is 30.4 Å². The fraction of sp³-hybridized carbons (Fsp3) is 0.364. The Bertz CT molecular complexity index is 375. The first-order valence-corrected chi connectivity index (χ1v) is 5.64. The van der Waals surface area contributed by atoms with E-state index in [1.165, 1.54) is 0 Å². The normalized spacial score (nSPS) is 12.3. The van der Waals surface area contributed by atoms with Gasteiger partial charge < -0.3 is 10.6 Å². The number of halogens is 2. The van der Waals surface area contributed by atoms with Crippen LogP contribution in [0.2, 0.25) is 10.0 Å². The van der Waals surface area contributed by atoms with Crippen LogP contribution in [0.4, 0.5) is 0 Å². The van der Waals surface area contributed by atoms with Crippen molar-refractivity contribution < 1.29 is 4.79 Å². The van der Waals surface area contributed by atoms with Crippen molar-refractivity contribution in [3.8, 4) is 0 Å². The lowest BCUT2D eigenvalue weighted by atomic mass is 10.2. The molecule has 0 fully saturated rings. The van der Waals surface area contributed by atoms with Gasteiger partial charge in [0, 0.05) is 35.2 Å². The van der Waals surface area contributed by atoms with E-state index in [4.69, 9.17) is 28.9 Å². The van der Waals surface area contributed by atoms with Crippen molar-refractivity contribution in [3.05, 3.63) is 33.8 Å². The molecule has 0 aliphatic rings. The monoisotopic (exact) mass is 260 g/mol. The van der Waals surface area contributed by atoms with Crippen LogP contribution in [0.3, 0.4) is 0 Å². The molecule has 88 valence electrons. The molecule has 0 saturated carbocycles. The van der Waals surface area contributed by atoms with Gasteiger partial charge in [0.1, 0.15) is 0 Å². The standard InChI is InChI=1S/C11H14Cl2N2O/c1-7(6-14)15(2)11(16)8-3-9(12)5-10(13)4-8/h3-5,7H,6,14H2,1-2H3. The van der Waals surface area contributed by atoms with Crippen LogP contribution in [0.15, 0.2) is 18.2 Å². The summed E-state index contributed by atoms with van der Waals surface area (Å²) in [5.41, 5.74) is 5.98. The summed E-state index contributed by atoms with van der Waals surface area (Å²) in [6, 6.07) is 4.75. The van der Waals surface area contributed by atoms with Crippen LogP contribution in [0.5, 0.6) is 0 Å². The molecule has 0 aliphatic carbocycles. The first-order valence-electron chi connectivity index (χ1n) is 4.89. The zero-order valence-corrected chi connectivity index (χ0v) is 10.7. The van der Waals surface area contributed by atoms with Crippen molar-refractivity contribution in [2.75, 3.05) is 13.6 Å². The highest BCUT2D eigenvalue weighted by Gasteiger charge is 2.17. The Morgan fingerprint density at radius 2 is 1.88 bits per heavy atom. The molecule has 5 heteroatoms. The van der Waals surface area contributed by atoms with Gasteiger partial charge in [0.05, 0.1) is 0 Å². The zero-order chi connectivity index (χ0) is 12.3. The second-order valence-corrected chi connectivity index (χ2v) is 4.53. The Kier molecular flexibility index (Phi) is 4.59. The quantitative estimate of drug-likeness (QED) is 0.908. The molecule has 0 aromatic heterocycles. The molecule has 2 N–H and O–H groups in total. The Morgan fingerprint density at radius 1 is 1.38 bits per heavy atom. The second-order valence-electron chi connectivity index (χ2n) is 3.66. The zero-order valence-electron chi connectivity index (χ0n) is 9.21. The molecule has 1 aromatic carbocycles. The first kappa shape index (κ1) is 13.3. The van der Waals surface area contributed by atoms with E-state index >= 15 is 0 Å². The Labute approximate surface area is 105 Å². The number of hydrogen-bond acceptors (Lipinski definition) is 2. The second kappa shape index (κ2) is 5.53. The van der Waals surface area contributed by atoms with Gasteiger partial charge in [-0.25, -0.2) is 0 Å². The third-order valence-corrected chi connectivity index (χ3v) is 2.87. The summed E-state index contributed by atoms with van der Waals surface area (Å²) >= 11 is 11.7. The molecule has 0 spiro atoms. The van der Waals surface area contributed by atoms with Gasteiger partial charge in [-0.05, 0) is 25.1 Å². The lowest BCUT2D eigenvalue weighted by molar-refractivity contribution is 0.0748. The third-order valence-electron chi connectivity index (χ3n) is 2.43. The van der Waals surface area contributed by atoms with Crippen molar-refractivity contribution in [2.45, 2.75) is 13.0 Å². The summed E-state index contributed by atoms with van der Waals surface area (Å²) in [6.45, 7) is 2.29. The molecular formula is C11H14Cl2N2O. The van der Waals surface area contributed by atoms with Crippen molar-refractivity contribution in [2.24, 2.45) is 5.73 Å². The van der Waals surface area contributed by atoms with E-state index in [9.17, 15) is 4.79 Å². The lowest BCUT2D eigenvalue weighted by Crippen LogP contribution is -2.39. The Balaban J connectivity index is 2.96. The highest BCUT2D eigenvalue weighted by atomic mass is 35.5. The van der Waals surface area contributed by atoms with Crippen molar-refractivity contribution in [1.29, 1.82) is 0 Å². The van der Waals surface area contributed by atoms with Crippen molar-refractivity contribution in [3.63, 3.8) is 0 Å². The molecular weight excluding hydrogens is 247 g/mol. The topological polar surface area (TPSA) is 46.3 Å². The summed E-state index contributed by atoms with van der Waals surface area (Å²) in [4.78, 5) is 13.6. The largest absolute Gasteiger partial charge is 0.338 e. The molecule has 1 unspecified atom stereocenters. The van der Waals surface area contributed by atoms with E-state index in [2.05, 4.69) is 0 Å². The van der Waals surface area contributed by atoms with E-state index in [0.717, 1.165) is 0 Å². The maximum absolute atomic E-state index is 12.0. The summed E-state index contributed by atoms with van der Waals surface area (Å²) in [7, 11) is 1.70. The highest BCUT2D eigenvalue weighted by molar-refractivity contribution is 6.35. The number of nitrogens with zero attached hydrogens (tertiary/aromatic N) is 1. The molecule has 1 amide bonds. The average Bonchev–Trinajstić information content (AvgIpc) is 2.24. The molecule has 1 atom stereocenters. The minimum Gasteiger partial charge on any atom is -0.338 e. The maximum Gasteiger partial charge on any atom is 0.253 e. The van der Waals surface area contributed by atoms with Crippen LogP contribution < -0.4 is 5.73 Å². The number of likely N-dealkylation sites (N-methyl/N-ethyl adjacent to an activating group) is 1. The van der Waals surface area contributed by atoms with E-state index in [-0.39, 0.29) is 11.9 Å². The minimum atomic E-state index is -0.137. The van der Waals surface area contributed by atoms with Gasteiger partial charge in [-0.1, -0.05) is 23.2 Å². The van der Waals surface area contributed by atoms with Gasteiger partial charge >= 0.3 is 0 Å². The lowest BCUT2D eigenvalue weighted by Gasteiger charge is -2.23. The van der Waals surface area contributed by atoms with E-state index < -0.39 is 0 Å². The molecule has 3 nitrogen and oxygen atoms in total. The molecule has 1 aromatic rings. The fourth-order valence-corrected chi connectivity index (χ4v) is 1.77. The number of amides is 1. The van der Waals surface area contributed by atoms with Crippen LogP contribution in [0.25, 0.3) is 0 Å². The van der Waals surface area contributed by atoms with Gasteiger partial charge in [-0.2, -0.15) is 0 Å². The van der Waals surface area contributed by atoms with Crippen molar-refractivity contribution in [1.82, 2.24) is 4.90 Å². The number of hydrogen-bond donors (Lipinski definition) is 1. The van der Waals surface area contributed by atoms with E-state index in [0.29, 0.717) is 22.2 Å². The van der Waals surface area contributed by atoms with E-state index in [1.807, 2.05) is 6.92 Å². The molecule has 0 bridgehead atoms. The predicted molar refractivity (Wildman–Crippen MR) is 67.1 cm³/mol. The number of carbonyl (C=O) groups is 1. The predicted octanol–water partition coefficient (Wildman–Crippen LogP) is 2.41. The molecule has 0 heterocycles. The Morgan fingerprint density at radius 3 is 2.31 bits per heavy atom. The van der Waals surface area contributed by atoms with Gasteiger partial charge in [0.25, 0.3) is 5.91 Å². The number of rotatable bonds is 3. The third kappa shape index (κ3) is 3.11. The van der Waals surface area contributed by atoms with Gasteiger partial charge in [0.2, 0.25) is 0 Å². The SMILES string of the molecule is CC(CN)N(C)C(=O)c1cc(Cl)cc(Cl)c1. The van der Waals surface area contributed by atoms with Gasteiger partial charge in [-0.3, -0.25) is 4.79 Å². The maximum atomic E-state index is 12.0. The highest BCUT2D eigenvalue weighted by Crippen LogP contribution is 2.20. The summed E-state index contributed by atoms with van der Waals surface area (Å²) in [6.07, 6.45) is 0. The molecule has 0 aliphatic heterocycles. The number of carbonyl (C=O) groups excluding carboxylic acids is 1. The van der Waals surface area contributed by atoms with Gasteiger partial charge in [0.15, 0.2) is 0 Å². The summed E-state index contributed by atoms with van der Waals surface area (Å²) < 4.78 is 0. The first-order chi connectivity index (χ1) is 7.45. The smallest absolute Gasteiger partial charge is 0.253 e. The minimum absolute atomic E-state index is 0.0229. The molecule has 1 rings (SSSR count). The average molecular weight is 261 g/mol. The van der Waals surface area contributed by atoms with Crippen molar-refractivity contribution >= 4 is 29.1 Å². The molecule has 16 heavy (non-hydrogen) atoms. The summed E-state index contributed by atoms with van der Waals surface area (Å²) in [5, 5.41) is 0.898. The fourth-order valence-electron chi connectivity index (χ4n) is 1.24. The van der Waals surface area contributed by atoms with E-state index in [1.54, 1.807) is 30.1 Å². The van der Waals surface area contributed by atoms with Crippen LogP contribution >= 0.6 is 23.2 Å². The number of benzene rings is 1. The summed E-state index contributed by atoms with van der Waals surface area (Å²) in [5.74, 6) is -0.137. The molecule has 0 radical (unpaired) electrons. The molecule has 0 saturated heterocycles. The Hall–Kier alpha value is -0.770. The van der Waals surface area contributed by atoms with Crippen LogP contribution in [0, 0.1) is 0 Å². The van der Waals surface area contributed by atoms with Crippen LogP contribution in [0.1, 0.15) is 17.3 Å². The van der Waals surface area contributed by atoms with Crippen LogP contribution in [-0.2, 0) is 0 Å². The van der Waals surface area contributed by atoms with Gasteiger partial charge in [-0.15, -0.1) is 0 Å². The number of nitrogens with two attached hydrogens (primary N) is 1.